The zero-order valence-corrected chi connectivity index (χ0v) is 22.2. The third-order valence-electron chi connectivity index (χ3n) is 8.23. The number of hydrogen-bond donors (Lipinski definition) is 0. The molecule has 0 unspecified atom stereocenters. The van der Waals surface area contributed by atoms with Gasteiger partial charge in [-0.05, 0) is 66.0 Å². The number of aromatic nitrogens is 1. The van der Waals surface area contributed by atoms with Crippen molar-refractivity contribution in [3.05, 3.63) is 89.4 Å². The SMILES string of the molecule is [2H]C(C)(C)c1cc[n+](C)c(-c2c(C)ccc3c2oc2c(-c4ccc(C5CCCCC5)cc4)c(F)ccc23)c1. The summed E-state index contributed by atoms with van der Waals surface area (Å²) >= 11 is 0. The van der Waals surface area contributed by atoms with Crippen LogP contribution in [0.15, 0.2) is 71.3 Å². The van der Waals surface area contributed by atoms with E-state index in [-0.39, 0.29) is 5.82 Å². The standard InChI is InChI=1S/C34H35FNO/c1-21(2)26-18-19-36(4)30(20-26)31-22(3)10-15-27-28-16-17-29(35)32(34(28)37-33(27)31)25-13-11-24(12-14-25)23-8-6-5-7-9-23/h10-21,23H,5-9H2,1-4H3/q+1/i21D. The maximum absolute atomic E-state index is 15.5. The second-order valence-corrected chi connectivity index (χ2v) is 10.9. The lowest BCUT2D eigenvalue weighted by Crippen LogP contribution is -2.31. The molecule has 6 rings (SSSR count). The molecule has 0 bridgehead atoms. The molecule has 3 aromatic carbocycles. The summed E-state index contributed by atoms with van der Waals surface area (Å²) in [6.45, 7) is 5.87. The average Bonchev–Trinajstić information content (AvgIpc) is 3.27. The number of hydrogen-bond acceptors (Lipinski definition) is 1. The molecule has 37 heavy (non-hydrogen) atoms. The van der Waals surface area contributed by atoms with Crippen molar-refractivity contribution in [2.24, 2.45) is 7.05 Å². The summed E-state index contributed by atoms with van der Waals surface area (Å²) in [7, 11) is 2.01. The fourth-order valence-electron chi connectivity index (χ4n) is 6.05. The van der Waals surface area contributed by atoms with Crippen LogP contribution in [0.25, 0.3) is 44.3 Å². The molecule has 0 saturated heterocycles. The van der Waals surface area contributed by atoms with Gasteiger partial charge in [0, 0.05) is 24.3 Å². The number of benzene rings is 3. The highest BCUT2D eigenvalue weighted by Gasteiger charge is 2.24. The van der Waals surface area contributed by atoms with E-state index in [1.807, 2.05) is 39.2 Å². The van der Waals surface area contributed by atoms with Crippen LogP contribution < -0.4 is 4.57 Å². The first-order valence-electron chi connectivity index (χ1n) is 14.0. The normalized spacial score (nSPS) is 15.4. The number of furan rings is 1. The molecule has 1 fully saturated rings. The average molecular weight is 494 g/mol. The molecule has 1 aliphatic carbocycles. The Morgan fingerprint density at radius 3 is 2.27 bits per heavy atom. The molecule has 3 heteroatoms. The number of pyridine rings is 1. The van der Waals surface area contributed by atoms with E-state index in [4.69, 9.17) is 5.79 Å². The van der Waals surface area contributed by atoms with Gasteiger partial charge in [0.2, 0.25) is 5.69 Å². The fraction of sp³-hybridized carbons (Fsp3) is 0.324. The Hall–Kier alpha value is -3.46. The summed E-state index contributed by atoms with van der Waals surface area (Å²) < 4.78 is 32.7. The van der Waals surface area contributed by atoms with E-state index in [1.165, 1.54) is 37.7 Å². The van der Waals surface area contributed by atoms with E-state index >= 15 is 4.39 Å². The first kappa shape index (κ1) is 22.7. The number of rotatable bonds is 4. The van der Waals surface area contributed by atoms with E-state index < -0.39 is 5.89 Å². The molecule has 0 atom stereocenters. The lowest BCUT2D eigenvalue weighted by molar-refractivity contribution is -0.660. The molecule has 2 nitrogen and oxygen atoms in total. The van der Waals surface area contributed by atoms with Crippen LogP contribution in [0, 0.1) is 12.7 Å². The third kappa shape index (κ3) is 4.15. The highest BCUT2D eigenvalue weighted by Crippen LogP contribution is 2.42. The van der Waals surface area contributed by atoms with Crippen molar-refractivity contribution in [3.8, 4) is 22.4 Å². The van der Waals surface area contributed by atoms with Crippen LogP contribution in [0.4, 0.5) is 4.39 Å². The highest BCUT2D eigenvalue weighted by atomic mass is 19.1. The van der Waals surface area contributed by atoms with Crippen molar-refractivity contribution >= 4 is 21.9 Å². The van der Waals surface area contributed by atoms with Gasteiger partial charge in [-0.1, -0.05) is 69.5 Å². The van der Waals surface area contributed by atoms with Crippen molar-refractivity contribution < 1.29 is 14.7 Å². The predicted molar refractivity (Wildman–Crippen MR) is 150 cm³/mol. The van der Waals surface area contributed by atoms with E-state index in [2.05, 4.69) is 54.0 Å². The summed E-state index contributed by atoms with van der Waals surface area (Å²) in [6, 6.07) is 20.1. The van der Waals surface area contributed by atoms with Gasteiger partial charge in [-0.15, -0.1) is 0 Å². The van der Waals surface area contributed by atoms with Gasteiger partial charge in [0.1, 0.15) is 24.0 Å². The summed E-state index contributed by atoms with van der Waals surface area (Å²) in [6.07, 6.45) is 8.40. The van der Waals surface area contributed by atoms with Crippen molar-refractivity contribution in [1.82, 2.24) is 0 Å². The van der Waals surface area contributed by atoms with Gasteiger partial charge in [0.05, 0.1) is 11.1 Å². The molecular formula is C34H35FNO+. The van der Waals surface area contributed by atoms with Crippen LogP contribution in [0.3, 0.4) is 0 Å². The van der Waals surface area contributed by atoms with E-state index in [0.29, 0.717) is 17.1 Å². The minimum Gasteiger partial charge on any atom is -0.454 e. The molecule has 2 aromatic heterocycles. The Balaban J connectivity index is 1.54. The van der Waals surface area contributed by atoms with Crippen LogP contribution in [0.2, 0.25) is 0 Å². The quantitative estimate of drug-likeness (QED) is 0.228. The van der Waals surface area contributed by atoms with Gasteiger partial charge in [0.25, 0.3) is 0 Å². The van der Waals surface area contributed by atoms with E-state index in [9.17, 15) is 0 Å². The topological polar surface area (TPSA) is 17.0 Å². The summed E-state index contributed by atoms with van der Waals surface area (Å²) in [5.41, 5.74) is 8.01. The maximum atomic E-state index is 15.5. The fourth-order valence-corrected chi connectivity index (χ4v) is 6.05. The molecule has 1 aliphatic rings. The van der Waals surface area contributed by atoms with Crippen molar-refractivity contribution in [1.29, 1.82) is 0 Å². The van der Waals surface area contributed by atoms with Crippen LogP contribution >= 0.6 is 0 Å². The Labute approximate surface area is 220 Å². The zero-order chi connectivity index (χ0) is 26.6. The van der Waals surface area contributed by atoms with Gasteiger partial charge in [-0.3, -0.25) is 0 Å². The minimum absolute atomic E-state index is 0.274. The Bertz CT molecular complexity index is 1650. The minimum atomic E-state index is -0.723. The highest BCUT2D eigenvalue weighted by molar-refractivity contribution is 6.13. The lowest BCUT2D eigenvalue weighted by Gasteiger charge is -2.22. The van der Waals surface area contributed by atoms with Crippen LogP contribution in [-0.2, 0) is 7.05 Å². The lowest BCUT2D eigenvalue weighted by atomic mass is 9.83. The van der Waals surface area contributed by atoms with Gasteiger partial charge in [0.15, 0.2) is 6.20 Å². The molecule has 0 spiro atoms. The van der Waals surface area contributed by atoms with E-state index in [0.717, 1.165) is 44.3 Å². The molecular weight excluding hydrogens is 457 g/mol. The second kappa shape index (κ2) is 9.45. The third-order valence-corrected chi connectivity index (χ3v) is 8.23. The second-order valence-electron chi connectivity index (χ2n) is 10.9. The number of aryl methyl sites for hydroxylation is 2. The molecule has 0 N–H and O–H groups in total. The van der Waals surface area contributed by atoms with Crippen molar-refractivity contribution in [2.75, 3.05) is 0 Å². The number of halogens is 1. The molecule has 0 aliphatic heterocycles. The predicted octanol–water partition coefficient (Wildman–Crippen LogP) is 9.36. The van der Waals surface area contributed by atoms with Crippen molar-refractivity contribution in [3.63, 3.8) is 0 Å². The molecule has 0 amide bonds. The summed E-state index contributed by atoms with van der Waals surface area (Å²) in [5.74, 6) is -0.386. The Kier molecular flexibility index (Phi) is 5.80. The molecule has 5 aromatic rings. The van der Waals surface area contributed by atoms with Gasteiger partial charge >= 0.3 is 0 Å². The Morgan fingerprint density at radius 2 is 1.57 bits per heavy atom. The van der Waals surface area contributed by atoms with E-state index in [1.54, 1.807) is 6.07 Å². The van der Waals surface area contributed by atoms with Crippen molar-refractivity contribution in [2.45, 2.75) is 64.7 Å². The molecule has 2 heterocycles. The van der Waals surface area contributed by atoms with Gasteiger partial charge in [-0.25, -0.2) is 8.96 Å². The first-order valence-corrected chi connectivity index (χ1v) is 13.5. The van der Waals surface area contributed by atoms with Gasteiger partial charge < -0.3 is 4.42 Å². The molecule has 0 radical (unpaired) electrons. The summed E-state index contributed by atoms with van der Waals surface area (Å²) in [4.78, 5) is 0. The zero-order valence-electron chi connectivity index (χ0n) is 23.2. The van der Waals surface area contributed by atoms with Crippen LogP contribution in [0.5, 0.6) is 0 Å². The smallest absolute Gasteiger partial charge is 0.216 e. The first-order chi connectivity index (χ1) is 18.2. The maximum Gasteiger partial charge on any atom is 0.216 e. The number of fused-ring (bicyclic) bond motifs is 3. The summed E-state index contributed by atoms with van der Waals surface area (Å²) in [5, 5.41) is 1.88. The Morgan fingerprint density at radius 1 is 0.892 bits per heavy atom. The largest absolute Gasteiger partial charge is 0.454 e. The number of nitrogens with zero attached hydrogens (tertiary/aromatic N) is 1. The monoisotopic (exact) mass is 493 g/mol. The van der Waals surface area contributed by atoms with Crippen LogP contribution in [-0.4, -0.2) is 0 Å². The van der Waals surface area contributed by atoms with Gasteiger partial charge in [-0.2, -0.15) is 0 Å². The molecule has 1 saturated carbocycles. The van der Waals surface area contributed by atoms with Crippen LogP contribution in [0.1, 0.15) is 75.8 Å². The molecule has 188 valence electrons.